The van der Waals surface area contributed by atoms with Gasteiger partial charge in [-0.1, -0.05) is 39.5 Å². The Balaban J connectivity index is 2.05. The van der Waals surface area contributed by atoms with Crippen LogP contribution < -0.4 is 5.32 Å². The second-order valence-electron chi connectivity index (χ2n) is 7.14. The van der Waals surface area contributed by atoms with Crippen molar-refractivity contribution in [2.45, 2.75) is 69.7 Å². The molecule has 0 amide bonds. The Hall–Kier alpha value is -0.610. The van der Waals surface area contributed by atoms with Crippen molar-refractivity contribution in [2.75, 3.05) is 6.54 Å². The molecule has 3 atom stereocenters. The van der Waals surface area contributed by atoms with Gasteiger partial charge in [0.25, 0.3) is 0 Å². The fraction of sp³-hybridized carbons (Fsp3) is 0.765. The van der Waals surface area contributed by atoms with Gasteiger partial charge in [0.15, 0.2) is 0 Å². The van der Waals surface area contributed by atoms with Crippen molar-refractivity contribution in [2.24, 2.45) is 11.3 Å². The van der Waals surface area contributed by atoms with Gasteiger partial charge < -0.3 is 5.32 Å². The molecule has 1 aromatic heterocycles. The molecule has 3 unspecified atom stereocenters. The average molecular weight is 308 g/mol. The van der Waals surface area contributed by atoms with E-state index in [1.54, 1.807) is 12.4 Å². The third kappa shape index (κ3) is 4.96. The van der Waals surface area contributed by atoms with Crippen LogP contribution >= 0.6 is 11.8 Å². The molecule has 0 bridgehead atoms. The predicted molar refractivity (Wildman–Crippen MR) is 90.6 cm³/mol. The Labute approximate surface area is 133 Å². The van der Waals surface area contributed by atoms with Gasteiger partial charge in [0.2, 0.25) is 0 Å². The lowest BCUT2D eigenvalue weighted by Crippen LogP contribution is -2.45. The zero-order valence-electron chi connectivity index (χ0n) is 13.8. The van der Waals surface area contributed by atoms with Crippen LogP contribution in [0.3, 0.4) is 0 Å². The van der Waals surface area contributed by atoms with Crippen molar-refractivity contribution in [1.29, 1.82) is 0 Å². The Morgan fingerprint density at radius 1 is 1.29 bits per heavy atom. The molecule has 1 fully saturated rings. The molecule has 1 aliphatic carbocycles. The molecule has 3 nitrogen and oxygen atoms in total. The Bertz CT molecular complexity index is 416. The smallest absolute Gasteiger partial charge is 0.115 e. The summed E-state index contributed by atoms with van der Waals surface area (Å²) in [4.78, 5) is 8.65. The van der Waals surface area contributed by atoms with Crippen LogP contribution in [0.5, 0.6) is 0 Å². The maximum Gasteiger partial charge on any atom is 0.115 e. The molecule has 0 aliphatic heterocycles. The topological polar surface area (TPSA) is 37.8 Å². The first-order valence-corrected chi connectivity index (χ1v) is 9.04. The van der Waals surface area contributed by atoms with Gasteiger partial charge in [-0.3, -0.25) is 4.98 Å². The minimum absolute atomic E-state index is 0.400. The second-order valence-corrected chi connectivity index (χ2v) is 8.40. The molecule has 118 valence electrons. The Kier molecular flexibility index (Phi) is 6.06. The number of rotatable bonds is 5. The van der Waals surface area contributed by atoms with Crippen molar-refractivity contribution >= 4 is 11.8 Å². The summed E-state index contributed by atoms with van der Waals surface area (Å²) in [6.45, 7) is 10.5. The highest BCUT2D eigenvalue weighted by Crippen LogP contribution is 2.42. The van der Waals surface area contributed by atoms with Gasteiger partial charge >= 0.3 is 0 Å². The van der Waals surface area contributed by atoms with Crippen molar-refractivity contribution in [1.82, 2.24) is 15.3 Å². The number of nitrogens with zero attached hydrogens (tertiary/aromatic N) is 2. The van der Waals surface area contributed by atoms with E-state index in [4.69, 9.17) is 0 Å². The van der Waals surface area contributed by atoms with Gasteiger partial charge in [0.1, 0.15) is 5.03 Å². The summed E-state index contributed by atoms with van der Waals surface area (Å²) in [5.41, 5.74) is 0.400. The quantitative estimate of drug-likeness (QED) is 0.886. The standard InChI is InChI=1S/C17H29N3S/c1-5-8-19-14-7-6-13(17(2,3)4)11-15(14)21-16-12-18-9-10-20-16/h9-10,12-15,19H,5-8,11H2,1-4H3. The van der Waals surface area contributed by atoms with Crippen LogP contribution in [0, 0.1) is 11.3 Å². The lowest BCUT2D eigenvalue weighted by Gasteiger charge is -2.41. The molecule has 1 aliphatic rings. The largest absolute Gasteiger partial charge is 0.313 e. The summed E-state index contributed by atoms with van der Waals surface area (Å²) >= 11 is 1.91. The fourth-order valence-electron chi connectivity index (χ4n) is 3.11. The van der Waals surface area contributed by atoms with E-state index in [0.29, 0.717) is 16.7 Å². The fourth-order valence-corrected chi connectivity index (χ4v) is 4.39. The van der Waals surface area contributed by atoms with E-state index in [1.165, 1.54) is 25.7 Å². The van der Waals surface area contributed by atoms with Crippen LogP contribution in [-0.4, -0.2) is 27.8 Å². The zero-order valence-corrected chi connectivity index (χ0v) is 14.6. The monoisotopic (exact) mass is 307 g/mol. The molecule has 21 heavy (non-hydrogen) atoms. The lowest BCUT2D eigenvalue weighted by molar-refractivity contribution is 0.165. The summed E-state index contributed by atoms with van der Waals surface area (Å²) in [5, 5.41) is 5.40. The molecule has 1 aromatic rings. The highest BCUT2D eigenvalue weighted by molar-refractivity contribution is 7.99. The first-order chi connectivity index (χ1) is 10.0. The predicted octanol–water partition coefficient (Wildman–Crippen LogP) is 4.15. The summed E-state index contributed by atoms with van der Waals surface area (Å²) < 4.78 is 0. The van der Waals surface area contributed by atoms with E-state index in [-0.39, 0.29) is 0 Å². The van der Waals surface area contributed by atoms with E-state index in [2.05, 4.69) is 43.0 Å². The molecule has 4 heteroatoms. The summed E-state index contributed by atoms with van der Waals surface area (Å²) in [5.74, 6) is 0.798. The third-order valence-electron chi connectivity index (χ3n) is 4.48. The molecule has 0 spiro atoms. The second kappa shape index (κ2) is 7.59. The van der Waals surface area contributed by atoms with Crippen LogP contribution in [0.4, 0.5) is 0 Å². The molecule has 2 rings (SSSR count). The van der Waals surface area contributed by atoms with E-state index < -0.39 is 0 Å². The van der Waals surface area contributed by atoms with Crippen LogP contribution in [-0.2, 0) is 0 Å². The van der Waals surface area contributed by atoms with Gasteiger partial charge in [0, 0.05) is 23.7 Å². The maximum absolute atomic E-state index is 4.45. The first kappa shape index (κ1) is 16.8. The van der Waals surface area contributed by atoms with Crippen LogP contribution in [0.2, 0.25) is 0 Å². The maximum atomic E-state index is 4.45. The molecule has 0 radical (unpaired) electrons. The van der Waals surface area contributed by atoms with Crippen molar-refractivity contribution < 1.29 is 0 Å². The highest BCUT2D eigenvalue weighted by atomic mass is 32.2. The van der Waals surface area contributed by atoms with Gasteiger partial charge in [0.05, 0.1) is 6.20 Å². The minimum Gasteiger partial charge on any atom is -0.313 e. The molecule has 0 saturated heterocycles. The number of hydrogen-bond donors (Lipinski definition) is 1. The molecule has 1 heterocycles. The van der Waals surface area contributed by atoms with Crippen LogP contribution in [0.15, 0.2) is 23.6 Å². The normalized spacial score (nSPS) is 26.8. The van der Waals surface area contributed by atoms with Crippen molar-refractivity contribution in [3.05, 3.63) is 18.6 Å². The lowest BCUT2D eigenvalue weighted by atomic mass is 9.71. The van der Waals surface area contributed by atoms with Crippen LogP contribution in [0.25, 0.3) is 0 Å². The van der Waals surface area contributed by atoms with Crippen molar-refractivity contribution in [3.63, 3.8) is 0 Å². The van der Waals surface area contributed by atoms with Gasteiger partial charge in [-0.05, 0) is 43.6 Å². The van der Waals surface area contributed by atoms with Gasteiger partial charge in [-0.2, -0.15) is 0 Å². The number of thioether (sulfide) groups is 1. The average Bonchev–Trinajstić information content (AvgIpc) is 2.46. The van der Waals surface area contributed by atoms with E-state index in [9.17, 15) is 0 Å². The number of nitrogens with one attached hydrogen (secondary N) is 1. The zero-order chi connectivity index (χ0) is 15.3. The van der Waals surface area contributed by atoms with Crippen LogP contribution in [0.1, 0.15) is 53.4 Å². The molecular formula is C17H29N3S. The van der Waals surface area contributed by atoms with E-state index in [1.807, 2.05) is 18.0 Å². The number of aromatic nitrogens is 2. The van der Waals surface area contributed by atoms with E-state index in [0.717, 1.165) is 17.5 Å². The molecular weight excluding hydrogens is 278 g/mol. The Morgan fingerprint density at radius 3 is 2.71 bits per heavy atom. The molecule has 1 N–H and O–H groups in total. The summed E-state index contributed by atoms with van der Waals surface area (Å²) in [7, 11) is 0. The summed E-state index contributed by atoms with van der Waals surface area (Å²) in [6, 6.07) is 0.607. The SMILES string of the molecule is CCCNC1CCC(C(C)(C)C)CC1Sc1cnccn1. The van der Waals surface area contributed by atoms with Gasteiger partial charge in [-0.25, -0.2) is 4.98 Å². The van der Waals surface area contributed by atoms with Crippen molar-refractivity contribution in [3.8, 4) is 0 Å². The third-order valence-corrected chi connectivity index (χ3v) is 5.76. The minimum atomic E-state index is 0.400. The summed E-state index contributed by atoms with van der Waals surface area (Å²) in [6.07, 6.45) is 10.5. The first-order valence-electron chi connectivity index (χ1n) is 8.16. The molecule has 1 saturated carbocycles. The van der Waals surface area contributed by atoms with Gasteiger partial charge in [-0.15, -0.1) is 0 Å². The Morgan fingerprint density at radius 2 is 2.10 bits per heavy atom. The highest BCUT2D eigenvalue weighted by Gasteiger charge is 2.36. The molecule has 0 aromatic carbocycles. The number of hydrogen-bond acceptors (Lipinski definition) is 4. The van der Waals surface area contributed by atoms with E-state index >= 15 is 0 Å².